The van der Waals surface area contributed by atoms with E-state index in [-0.39, 0.29) is 24.0 Å². The third-order valence-electron chi connectivity index (χ3n) is 6.21. The second-order valence-electron chi connectivity index (χ2n) is 8.34. The number of fused-ring (bicyclic) bond motifs is 1. The van der Waals surface area contributed by atoms with Gasteiger partial charge >= 0.3 is 0 Å². The molecule has 0 bridgehead atoms. The molecule has 1 atom stereocenters. The van der Waals surface area contributed by atoms with Gasteiger partial charge in [0.15, 0.2) is 5.78 Å². The summed E-state index contributed by atoms with van der Waals surface area (Å²) < 4.78 is 20.6. The molecule has 0 saturated carbocycles. The summed E-state index contributed by atoms with van der Waals surface area (Å²) in [5, 5.41) is 1.26. The summed E-state index contributed by atoms with van der Waals surface area (Å²) >= 11 is 0. The number of halogens is 2. The van der Waals surface area contributed by atoms with Crippen molar-refractivity contribution in [3.8, 4) is 5.75 Å². The summed E-state index contributed by atoms with van der Waals surface area (Å²) in [7, 11) is 3.79. The van der Waals surface area contributed by atoms with Gasteiger partial charge in [0.1, 0.15) is 11.6 Å². The maximum Gasteiger partial charge on any atom is 0.163 e. The first-order valence-corrected chi connectivity index (χ1v) is 10.7. The van der Waals surface area contributed by atoms with Crippen LogP contribution in [0.15, 0.2) is 48.7 Å². The maximum absolute atomic E-state index is 13.0. The molecule has 6 heteroatoms. The molecule has 4 nitrogen and oxygen atoms in total. The summed E-state index contributed by atoms with van der Waals surface area (Å²) in [4.78, 5) is 14.9. The number of carbonyl (C=O) groups is 1. The van der Waals surface area contributed by atoms with Crippen molar-refractivity contribution in [1.82, 2.24) is 9.47 Å². The van der Waals surface area contributed by atoms with Crippen molar-refractivity contribution < 1.29 is 13.9 Å². The minimum Gasteiger partial charge on any atom is -0.497 e. The Hall–Kier alpha value is -2.37. The van der Waals surface area contributed by atoms with E-state index in [4.69, 9.17) is 4.74 Å². The average molecular weight is 445 g/mol. The molecular formula is C25H30ClFN2O2. The molecular weight excluding hydrogens is 415 g/mol. The van der Waals surface area contributed by atoms with E-state index >= 15 is 0 Å². The fourth-order valence-corrected chi connectivity index (χ4v) is 4.57. The van der Waals surface area contributed by atoms with E-state index in [9.17, 15) is 9.18 Å². The summed E-state index contributed by atoms with van der Waals surface area (Å²) in [6.07, 6.45) is 5.94. The Bertz CT molecular complexity index is 1030. The summed E-state index contributed by atoms with van der Waals surface area (Å²) in [6, 6.07) is 12.1. The van der Waals surface area contributed by atoms with Gasteiger partial charge < -0.3 is 14.2 Å². The number of nitrogens with zero attached hydrogens (tertiary/aromatic N) is 2. The number of hydrogen-bond donors (Lipinski definition) is 0. The minimum absolute atomic E-state index is 0. The Labute approximate surface area is 189 Å². The molecule has 4 rings (SSSR count). The molecule has 1 fully saturated rings. The van der Waals surface area contributed by atoms with Gasteiger partial charge in [-0.05, 0) is 86.3 Å². The molecule has 166 valence electrons. The van der Waals surface area contributed by atoms with Gasteiger partial charge in [-0.15, -0.1) is 12.4 Å². The van der Waals surface area contributed by atoms with Gasteiger partial charge in [0.25, 0.3) is 0 Å². The van der Waals surface area contributed by atoms with E-state index in [1.54, 1.807) is 19.2 Å². The fraction of sp³-hybridized carbons (Fsp3) is 0.400. The Kier molecular flexibility index (Phi) is 7.74. The van der Waals surface area contributed by atoms with Gasteiger partial charge in [-0.3, -0.25) is 4.79 Å². The summed E-state index contributed by atoms with van der Waals surface area (Å²) in [5.74, 6) is 1.10. The number of carbonyl (C=O) groups excluding carboxylic acids is 1. The van der Waals surface area contributed by atoms with Crippen molar-refractivity contribution in [3.05, 3.63) is 65.6 Å². The largest absolute Gasteiger partial charge is 0.497 e. The van der Waals surface area contributed by atoms with Crippen molar-refractivity contribution in [2.45, 2.75) is 25.7 Å². The SMILES string of the molecule is COc1ccc2c(c1)c(CCCN1CCC(CC(=O)c3ccc(F)cc3)C1)cn2C.Cl. The molecule has 0 N–H and O–H groups in total. The topological polar surface area (TPSA) is 34.5 Å². The zero-order valence-electron chi connectivity index (χ0n) is 18.1. The number of hydrogen-bond acceptors (Lipinski definition) is 3. The van der Waals surface area contributed by atoms with Crippen LogP contribution in [-0.2, 0) is 13.5 Å². The lowest BCUT2D eigenvalue weighted by Gasteiger charge is -2.15. The summed E-state index contributed by atoms with van der Waals surface area (Å²) in [5.41, 5.74) is 3.20. The third-order valence-corrected chi connectivity index (χ3v) is 6.21. The Morgan fingerprint density at radius 2 is 1.97 bits per heavy atom. The Balaban J connectivity index is 0.00000272. The average Bonchev–Trinajstić information content (AvgIpc) is 3.32. The van der Waals surface area contributed by atoms with E-state index in [0.29, 0.717) is 17.9 Å². The number of ether oxygens (including phenoxy) is 1. The molecule has 1 saturated heterocycles. The standard InChI is InChI=1S/C25H29FN2O2.ClH/c1-27-17-20(23-15-22(30-2)9-10-24(23)27)4-3-12-28-13-11-18(16-28)14-25(29)19-5-7-21(26)8-6-19;/h5-10,15,17-18H,3-4,11-14,16H2,1-2H3;1H. The predicted octanol–water partition coefficient (Wildman–Crippen LogP) is 5.28. The van der Waals surface area contributed by atoms with Crippen LogP contribution in [0.5, 0.6) is 5.75 Å². The molecule has 0 aliphatic carbocycles. The minimum atomic E-state index is -0.303. The van der Waals surface area contributed by atoms with Gasteiger partial charge in [-0.25, -0.2) is 4.39 Å². The van der Waals surface area contributed by atoms with E-state index in [2.05, 4.69) is 34.8 Å². The zero-order valence-corrected chi connectivity index (χ0v) is 19.0. The van der Waals surface area contributed by atoms with E-state index in [1.807, 2.05) is 6.07 Å². The van der Waals surface area contributed by atoms with E-state index in [1.165, 1.54) is 28.6 Å². The van der Waals surface area contributed by atoms with Gasteiger partial charge in [-0.2, -0.15) is 0 Å². The first kappa shape index (κ1) is 23.3. The van der Waals surface area contributed by atoms with Gasteiger partial charge in [0.2, 0.25) is 0 Å². The van der Waals surface area contributed by atoms with Crippen LogP contribution in [0.3, 0.4) is 0 Å². The van der Waals surface area contributed by atoms with Crippen molar-refractivity contribution in [1.29, 1.82) is 0 Å². The first-order chi connectivity index (χ1) is 14.5. The van der Waals surface area contributed by atoms with Crippen LogP contribution in [-0.4, -0.2) is 42.0 Å². The van der Waals surface area contributed by atoms with Crippen molar-refractivity contribution in [2.75, 3.05) is 26.7 Å². The molecule has 1 aliphatic heterocycles. The molecule has 3 aromatic rings. The maximum atomic E-state index is 13.0. The van der Waals surface area contributed by atoms with Crippen LogP contribution in [0.25, 0.3) is 10.9 Å². The van der Waals surface area contributed by atoms with Crippen molar-refractivity contribution in [2.24, 2.45) is 13.0 Å². The zero-order chi connectivity index (χ0) is 21.1. The van der Waals surface area contributed by atoms with Crippen LogP contribution in [0.2, 0.25) is 0 Å². The molecule has 1 aliphatic rings. The quantitative estimate of drug-likeness (QED) is 0.443. The third kappa shape index (κ3) is 5.46. The van der Waals surface area contributed by atoms with Crippen molar-refractivity contribution in [3.63, 3.8) is 0 Å². The summed E-state index contributed by atoms with van der Waals surface area (Å²) in [6.45, 7) is 3.06. The highest BCUT2D eigenvalue weighted by Gasteiger charge is 2.24. The number of ketones is 1. The number of benzene rings is 2. The molecule has 1 unspecified atom stereocenters. The van der Waals surface area contributed by atoms with Gasteiger partial charge in [0.05, 0.1) is 7.11 Å². The van der Waals surface area contributed by atoms with Crippen LogP contribution in [0.4, 0.5) is 4.39 Å². The van der Waals surface area contributed by atoms with Crippen LogP contribution in [0.1, 0.15) is 35.2 Å². The number of aryl methyl sites for hydroxylation is 2. The highest BCUT2D eigenvalue weighted by molar-refractivity contribution is 5.96. The highest BCUT2D eigenvalue weighted by Crippen LogP contribution is 2.27. The van der Waals surface area contributed by atoms with Crippen LogP contribution < -0.4 is 4.74 Å². The molecule has 0 amide bonds. The highest BCUT2D eigenvalue weighted by atomic mass is 35.5. The molecule has 31 heavy (non-hydrogen) atoms. The first-order valence-electron chi connectivity index (χ1n) is 10.7. The number of aromatic nitrogens is 1. The lowest BCUT2D eigenvalue weighted by atomic mass is 9.97. The monoisotopic (exact) mass is 444 g/mol. The van der Waals surface area contributed by atoms with Crippen LogP contribution >= 0.6 is 12.4 Å². The molecule has 0 spiro atoms. The molecule has 2 aromatic carbocycles. The number of rotatable bonds is 8. The molecule has 1 aromatic heterocycles. The number of likely N-dealkylation sites (tertiary alicyclic amines) is 1. The number of Topliss-reactive ketones (excluding diaryl/α,β-unsaturated/α-hetero) is 1. The predicted molar refractivity (Wildman–Crippen MR) is 125 cm³/mol. The number of methoxy groups -OCH3 is 1. The van der Waals surface area contributed by atoms with E-state index in [0.717, 1.165) is 44.6 Å². The second kappa shape index (κ2) is 10.3. The molecule has 0 radical (unpaired) electrons. The smallest absolute Gasteiger partial charge is 0.163 e. The molecule has 2 heterocycles. The fourth-order valence-electron chi connectivity index (χ4n) is 4.57. The van der Waals surface area contributed by atoms with E-state index < -0.39 is 0 Å². The lowest BCUT2D eigenvalue weighted by Crippen LogP contribution is -2.23. The second-order valence-corrected chi connectivity index (χ2v) is 8.34. The van der Waals surface area contributed by atoms with Crippen LogP contribution in [0, 0.1) is 11.7 Å². The normalized spacial score (nSPS) is 16.4. The Morgan fingerprint density at radius 3 is 2.71 bits per heavy atom. The lowest BCUT2D eigenvalue weighted by molar-refractivity contribution is 0.0962. The van der Waals surface area contributed by atoms with Gasteiger partial charge in [0, 0.05) is 42.7 Å². The Morgan fingerprint density at radius 1 is 1.19 bits per heavy atom. The van der Waals surface area contributed by atoms with Crippen molar-refractivity contribution >= 4 is 29.1 Å². The van der Waals surface area contributed by atoms with Gasteiger partial charge in [-0.1, -0.05) is 0 Å².